The summed E-state index contributed by atoms with van der Waals surface area (Å²) in [7, 11) is 0. The fourth-order valence-electron chi connectivity index (χ4n) is 2.26. The standard InChI is InChI=1S/C13H19N3O/c1-9-7-12(3-4-13(9)14)16-6-5-11(8-16)15-10(2)17/h3-4,7,11H,5-6,8,14H2,1-2H3,(H,15,17). The van der Waals surface area contributed by atoms with E-state index in [-0.39, 0.29) is 11.9 Å². The topological polar surface area (TPSA) is 58.4 Å². The molecule has 2 rings (SSSR count). The molecule has 1 heterocycles. The fourth-order valence-corrected chi connectivity index (χ4v) is 2.26. The molecule has 1 aliphatic rings. The molecule has 1 atom stereocenters. The summed E-state index contributed by atoms with van der Waals surface area (Å²) in [6, 6.07) is 6.35. The number of amides is 1. The van der Waals surface area contributed by atoms with Crippen LogP contribution in [-0.2, 0) is 4.79 Å². The normalized spacial score (nSPS) is 19.4. The minimum atomic E-state index is 0.0466. The van der Waals surface area contributed by atoms with E-state index in [4.69, 9.17) is 5.73 Å². The Labute approximate surface area is 102 Å². The molecule has 1 aromatic rings. The molecule has 0 radical (unpaired) electrons. The van der Waals surface area contributed by atoms with Crippen molar-refractivity contribution >= 4 is 17.3 Å². The zero-order chi connectivity index (χ0) is 12.4. The summed E-state index contributed by atoms with van der Waals surface area (Å²) in [5.74, 6) is 0.0466. The molecule has 1 aliphatic heterocycles. The van der Waals surface area contributed by atoms with Gasteiger partial charge in [0, 0.05) is 37.4 Å². The average Bonchev–Trinajstić information content (AvgIpc) is 2.69. The largest absolute Gasteiger partial charge is 0.399 e. The highest BCUT2D eigenvalue weighted by molar-refractivity contribution is 5.73. The minimum Gasteiger partial charge on any atom is -0.399 e. The van der Waals surface area contributed by atoms with Gasteiger partial charge in [-0.25, -0.2) is 0 Å². The number of carbonyl (C=O) groups is 1. The molecule has 1 amide bonds. The van der Waals surface area contributed by atoms with Gasteiger partial charge >= 0.3 is 0 Å². The van der Waals surface area contributed by atoms with Crippen molar-refractivity contribution in [3.8, 4) is 0 Å². The monoisotopic (exact) mass is 233 g/mol. The molecule has 1 aromatic carbocycles. The predicted molar refractivity (Wildman–Crippen MR) is 70.0 cm³/mol. The van der Waals surface area contributed by atoms with Crippen LogP contribution >= 0.6 is 0 Å². The van der Waals surface area contributed by atoms with Crippen LogP contribution in [-0.4, -0.2) is 25.0 Å². The number of aryl methyl sites for hydroxylation is 1. The molecule has 0 aliphatic carbocycles. The van der Waals surface area contributed by atoms with Gasteiger partial charge in [-0.1, -0.05) is 0 Å². The number of hydrogen-bond acceptors (Lipinski definition) is 3. The van der Waals surface area contributed by atoms with Crippen LogP contribution in [0.1, 0.15) is 18.9 Å². The van der Waals surface area contributed by atoms with E-state index in [0.29, 0.717) is 0 Å². The molecular formula is C13H19N3O. The van der Waals surface area contributed by atoms with Crippen molar-refractivity contribution in [1.82, 2.24) is 5.32 Å². The lowest BCUT2D eigenvalue weighted by Crippen LogP contribution is -2.35. The first-order chi connectivity index (χ1) is 8.06. The van der Waals surface area contributed by atoms with Crippen LogP contribution < -0.4 is 16.0 Å². The Morgan fingerprint density at radius 3 is 2.94 bits per heavy atom. The second-order valence-electron chi connectivity index (χ2n) is 4.67. The molecule has 4 nitrogen and oxygen atoms in total. The molecule has 4 heteroatoms. The van der Waals surface area contributed by atoms with Gasteiger partial charge in [0.05, 0.1) is 0 Å². The van der Waals surface area contributed by atoms with Crippen molar-refractivity contribution in [2.24, 2.45) is 0 Å². The molecule has 1 fully saturated rings. The Bertz CT molecular complexity index is 431. The van der Waals surface area contributed by atoms with Gasteiger partial charge in [-0.2, -0.15) is 0 Å². The Balaban J connectivity index is 2.04. The third kappa shape index (κ3) is 2.70. The van der Waals surface area contributed by atoms with Crippen molar-refractivity contribution in [2.75, 3.05) is 23.7 Å². The molecule has 1 unspecified atom stereocenters. The van der Waals surface area contributed by atoms with Crippen LogP contribution in [0.3, 0.4) is 0 Å². The lowest BCUT2D eigenvalue weighted by molar-refractivity contribution is -0.119. The number of hydrogen-bond donors (Lipinski definition) is 2. The second-order valence-corrected chi connectivity index (χ2v) is 4.67. The van der Waals surface area contributed by atoms with Crippen LogP contribution in [0.2, 0.25) is 0 Å². The highest BCUT2D eigenvalue weighted by atomic mass is 16.1. The van der Waals surface area contributed by atoms with Crippen LogP contribution in [0, 0.1) is 6.92 Å². The first kappa shape index (κ1) is 11.8. The van der Waals surface area contributed by atoms with E-state index in [1.807, 2.05) is 19.1 Å². The van der Waals surface area contributed by atoms with Gasteiger partial charge in [-0.15, -0.1) is 0 Å². The maximum absolute atomic E-state index is 11.0. The Morgan fingerprint density at radius 1 is 1.53 bits per heavy atom. The van der Waals surface area contributed by atoms with Crippen LogP contribution in [0.4, 0.5) is 11.4 Å². The summed E-state index contributed by atoms with van der Waals surface area (Å²) in [6.45, 7) is 5.44. The van der Waals surface area contributed by atoms with Crippen LogP contribution in [0.25, 0.3) is 0 Å². The minimum absolute atomic E-state index is 0.0466. The third-order valence-corrected chi connectivity index (χ3v) is 3.21. The van der Waals surface area contributed by atoms with Crippen molar-refractivity contribution < 1.29 is 4.79 Å². The zero-order valence-corrected chi connectivity index (χ0v) is 10.4. The maximum atomic E-state index is 11.0. The molecule has 1 saturated heterocycles. The molecule has 0 bridgehead atoms. The van der Waals surface area contributed by atoms with Crippen molar-refractivity contribution in [3.05, 3.63) is 23.8 Å². The number of carbonyl (C=O) groups excluding carboxylic acids is 1. The number of rotatable bonds is 2. The number of benzene rings is 1. The maximum Gasteiger partial charge on any atom is 0.217 e. The van der Waals surface area contributed by atoms with E-state index in [1.165, 1.54) is 5.69 Å². The fraction of sp³-hybridized carbons (Fsp3) is 0.462. The Hall–Kier alpha value is -1.71. The van der Waals surface area contributed by atoms with Crippen LogP contribution in [0.5, 0.6) is 0 Å². The smallest absolute Gasteiger partial charge is 0.217 e. The third-order valence-electron chi connectivity index (χ3n) is 3.21. The lowest BCUT2D eigenvalue weighted by Gasteiger charge is -2.19. The van der Waals surface area contributed by atoms with E-state index in [2.05, 4.69) is 16.3 Å². The van der Waals surface area contributed by atoms with Crippen molar-refractivity contribution in [1.29, 1.82) is 0 Å². The summed E-state index contributed by atoms with van der Waals surface area (Å²) in [4.78, 5) is 13.3. The molecule has 3 N–H and O–H groups in total. The highest BCUT2D eigenvalue weighted by Crippen LogP contribution is 2.24. The lowest BCUT2D eigenvalue weighted by atomic mass is 10.2. The molecule has 0 spiro atoms. The SMILES string of the molecule is CC(=O)NC1CCN(c2ccc(N)c(C)c2)C1. The van der Waals surface area contributed by atoms with Gasteiger partial charge in [0.1, 0.15) is 0 Å². The molecule has 92 valence electrons. The summed E-state index contributed by atoms with van der Waals surface area (Å²) in [5.41, 5.74) is 8.92. The van der Waals surface area contributed by atoms with Gasteiger partial charge in [-0.3, -0.25) is 4.79 Å². The van der Waals surface area contributed by atoms with Gasteiger partial charge in [0.15, 0.2) is 0 Å². The van der Waals surface area contributed by atoms with Crippen molar-refractivity contribution in [2.45, 2.75) is 26.3 Å². The number of nitrogen functional groups attached to an aromatic ring is 1. The molecule has 17 heavy (non-hydrogen) atoms. The molecule has 0 aromatic heterocycles. The van der Waals surface area contributed by atoms with Gasteiger partial charge in [0.2, 0.25) is 5.91 Å². The number of nitrogens with one attached hydrogen (secondary N) is 1. The first-order valence-electron chi connectivity index (χ1n) is 5.94. The molecular weight excluding hydrogens is 214 g/mol. The van der Waals surface area contributed by atoms with Crippen molar-refractivity contribution in [3.63, 3.8) is 0 Å². The second kappa shape index (κ2) is 4.65. The van der Waals surface area contributed by atoms with E-state index >= 15 is 0 Å². The summed E-state index contributed by atoms with van der Waals surface area (Å²) < 4.78 is 0. The van der Waals surface area contributed by atoms with Crippen LogP contribution in [0.15, 0.2) is 18.2 Å². The predicted octanol–water partition coefficient (Wildman–Crippen LogP) is 1.29. The van der Waals surface area contributed by atoms with E-state index in [1.54, 1.807) is 6.92 Å². The van der Waals surface area contributed by atoms with Gasteiger partial charge in [-0.05, 0) is 37.1 Å². The number of nitrogens with zero attached hydrogens (tertiary/aromatic N) is 1. The first-order valence-corrected chi connectivity index (χ1v) is 5.94. The number of anilines is 2. The number of nitrogens with two attached hydrogens (primary N) is 1. The van der Waals surface area contributed by atoms with Gasteiger partial charge < -0.3 is 16.0 Å². The average molecular weight is 233 g/mol. The van der Waals surface area contributed by atoms with E-state index < -0.39 is 0 Å². The Morgan fingerprint density at radius 2 is 2.29 bits per heavy atom. The highest BCUT2D eigenvalue weighted by Gasteiger charge is 2.23. The van der Waals surface area contributed by atoms with E-state index in [9.17, 15) is 4.79 Å². The summed E-state index contributed by atoms with van der Waals surface area (Å²) in [6.07, 6.45) is 1.00. The quantitative estimate of drug-likeness (QED) is 0.757. The molecule has 0 saturated carbocycles. The summed E-state index contributed by atoms with van der Waals surface area (Å²) in [5, 5.41) is 2.96. The van der Waals surface area contributed by atoms with E-state index in [0.717, 1.165) is 30.8 Å². The summed E-state index contributed by atoms with van der Waals surface area (Å²) >= 11 is 0. The van der Waals surface area contributed by atoms with Gasteiger partial charge in [0.25, 0.3) is 0 Å². The zero-order valence-electron chi connectivity index (χ0n) is 10.4. The Kier molecular flexibility index (Phi) is 3.22.